The summed E-state index contributed by atoms with van der Waals surface area (Å²) in [6, 6.07) is 0. The first kappa shape index (κ1) is 73.4. The predicted molar refractivity (Wildman–Crippen MR) is 330 cm³/mol. The molecule has 0 fully saturated rings. The number of ether oxygens (including phenoxy) is 3. The summed E-state index contributed by atoms with van der Waals surface area (Å²) in [5, 5.41) is 0. The van der Waals surface area contributed by atoms with E-state index in [-0.39, 0.29) is 31.1 Å². The lowest BCUT2D eigenvalue weighted by Crippen LogP contribution is -2.30. The summed E-state index contributed by atoms with van der Waals surface area (Å²) in [4.78, 5) is 38.2. The lowest BCUT2D eigenvalue weighted by Gasteiger charge is -2.18. The number of carbonyl (C=O) groups excluding carboxylic acids is 3. The number of allylic oxidation sites excluding steroid dienone is 8. The zero-order chi connectivity index (χ0) is 55.0. The van der Waals surface area contributed by atoms with Gasteiger partial charge in [-0.2, -0.15) is 0 Å². The Labute approximate surface area is 473 Å². The normalized spacial score (nSPS) is 12.3. The molecule has 0 N–H and O–H groups in total. The Bertz CT molecular complexity index is 1310. The fourth-order valence-electron chi connectivity index (χ4n) is 9.96. The molecular formula is C70H128O6. The second-order valence-corrected chi connectivity index (χ2v) is 22.7. The largest absolute Gasteiger partial charge is 0.462 e. The molecule has 0 aromatic rings. The molecule has 6 heteroatoms. The van der Waals surface area contributed by atoms with Crippen LogP contribution >= 0.6 is 0 Å². The number of unbranched alkanes of at least 4 members (excludes halogenated alkanes) is 43. The van der Waals surface area contributed by atoms with Gasteiger partial charge >= 0.3 is 17.9 Å². The Kier molecular flexibility index (Phi) is 62.6. The summed E-state index contributed by atoms with van der Waals surface area (Å²) in [7, 11) is 0. The molecule has 444 valence electrons. The topological polar surface area (TPSA) is 78.9 Å². The highest BCUT2D eigenvalue weighted by Gasteiger charge is 2.19. The first-order valence-corrected chi connectivity index (χ1v) is 33.6. The maximum atomic E-state index is 12.9. The van der Waals surface area contributed by atoms with Crippen LogP contribution in [0.3, 0.4) is 0 Å². The minimum absolute atomic E-state index is 0.0704. The van der Waals surface area contributed by atoms with Crippen LogP contribution in [0.25, 0.3) is 0 Å². The van der Waals surface area contributed by atoms with Crippen molar-refractivity contribution in [2.24, 2.45) is 0 Å². The second kappa shape index (κ2) is 64.9. The maximum Gasteiger partial charge on any atom is 0.306 e. The van der Waals surface area contributed by atoms with Crippen LogP contribution in [0.1, 0.15) is 361 Å². The van der Waals surface area contributed by atoms with E-state index < -0.39 is 6.10 Å². The molecule has 0 bridgehead atoms. The molecule has 0 heterocycles. The van der Waals surface area contributed by atoms with Crippen LogP contribution in [0.2, 0.25) is 0 Å². The van der Waals surface area contributed by atoms with Crippen molar-refractivity contribution in [3.05, 3.63) is 48.6 Å². The molecule has 1 atom stereocenters. The third-order valence-corrected chi connectivity index (χ3v) is 15.1. The number of carbonyl (C=O) groups is 3. The fourth-order valence-corrected chi connectivity index (χ4v) is 9.96. The first-order chi connectivity index (χ1) is 37.5. The fraction of sp³-hybridized carbons (Fsp3) is 0.843. The van der Waals surface area contributed by atoms with E-state index in [2.05, 4.69) is 69.4 Å². The molecule has 1 unspecified atom stereocenters. The molecule has 0 saturated heterocycles. The summed E-state index contributed by atoms with van der Waals surface area (Å²) in [6.07, 6.45) is 81.5. The Morgan fingerprint density at radius 1 is 0.263 bits per heavy atom. The predicted octanol–water partition coefficient (Wildman–Crippen LogP) is 22.9. The summed E-state index contributed by atoms with van der Waals surface area (Å²) in [5.74, 6) is -0.859. The summed E-state index contributed by atoms with van der Waals surface area (Å²) in [6.45, 7) is 6.63. The van der Waals surface area contributed by atoms with Gasteiger partial charge in [-0.15, -0.1) is 0 Å². The highest BCUT2D eigenvalue weighted by Crippen LogP contribution is 2.18. The molecule has 0 saturated carbocycles. The van der Waals surface area contributed by atoms with Crippen molar-refractivity contribution in [1.29, 1.82) is 0 Å². The smallest absolute Gasteiger partial charge is 0.306 e. The molecule has 0 amide bonds. The number of hydrogen-bond acceptors (Lipinski definition) is 6. The van der Waals surface area contributed by atoms with Gasteiger partial charge in [0.15, 0.2) is 6.10 Å². The van der Waals surface area contributed by atoms with Gasteiger partial charge in [-0.05, 0) is 77.0 Å². The molecular weight excluding hydrogens is 937 g/mol. The highest BCUT2D eigenvalue weighted by atomic mass is 16.6. The van der Waals surface area contributed by atoms with Gasteiger partial charge in [0.05, 0.1) is 0 Å². The molecule has 6 nitrogen and oxygen atoms in total. The van der Waals surface area contributed by atoms with E-state index >= 15 is 0 Å². The van der Waals surface area contributed by atoms with Crippen LogP contribution in [0.5, 0.6) is 0 Å². The Balaban J connectivity index is 4.06. The van der Waals surface area contributed by atoms with E-state index in [0.29, 0.717) is 19.3 Å². The van der Waals surface area contributed by atoms with Crippen LogP contribution in [0.15, 0.2) is 48.6 Å². The standard InChI is InChI=1S/C70H128O6/c1-4-7-10-13-16-19-22-24-26-27-28-29-30-31-32-33-34-35-36-37-38-39-40-41-42-43-44-46-48-51-54-57-60-63-69(72)75-66-67(65-74-68(71)62-59-56-53-50-47-21-18-15-12-9-6-3)76-70(73)64-61-58-55-52-49-45-25-23-20-17-14-11-8-5-2/h15,18,22,24,27-28,30-31,67H,4-14,16-17,19-21,23,25-26,29,32-66H2,1-3H3/b18-15-,24-22-,28-27-,31-30-. The van der Waals surface area contributed by atoms with Crippen LogP contribution in [0, 0.1) is 0 Å². The van der Waals surface area contributed by atoms with Gasteiger partial charge < -0.3 is 14.2 Å². The lowest BCUT2D eigenvalue weighted by atomic mass is 10.0. The Morgan fingerprint density at radius 3 is 0.789 bits per heavy atom. The van der Waals surface area contributed by atoms with Gasteiger partial charge in [-0.3, -0.25) is 14.4 Å². The van der Waals surface area contributed by atoms with Gasteiger partial charge in [0, 0.05) is 19.3 Å². The Hall–Kier alpha value is -2.63. The van der Waals surface area contributed by atoms with Gasteiger partial charge in [0.1, 0.15) is 13.2 Å². The molecule has 0 radical (unpaired) electrons. The van der Waals surface area contributed by atoms with E-state index in [0.717, 1.165) is 77.0 Å². The monoisotopic (exact) mass is 1060 g/mol. The van der Waals surface area contributed by atoms with E-state index in [1.165, 1.54) is 244 Å². The first-order valence-electron chi connectivity index (χ1n) is 33.6. The molecule has 76 heavy (non-hydrogen) atoms. The van der Waals surface area contributed by atoms with Gasteiger partial charge in [-0.25, -0.2) is 0 Å². The zero-order valence-corrected chi connectivity index (χ0v) is 51.0. The van der Waals surface area contributed by atoms with Crippen molar-refractivity contribution in [3.8, 4) is 0 Å². The van der Waals surface area contributed by atoms with Crippen molar-refractivity contribution >= 4 is 17.9 Å². The van der Waals surface area contributed by atoms with E-state index in [4.69, 9.17) is 14.2 Å². The summed E-state index contributed by atoms with van der Waals surface area (Å²) < 4.78 is 16.9. The van der Waals surface area contributed by atoms with Crippen LogP contribution in [-0.2, 0) is 28.6 Å². The number of esters is 3. The van der Waals surface area contributed by atoms with Crippen molar-refractivity contribution < 1.29 is 28.6 Å². The maximum absolute atomic E-state index is 12.9. The van der Waals surface area contributed by atoms with Crippen molar-refractivity contribution in [1.82, 2.24) is 0 Å². The second-order valence-electron chi connectivity index (χ2n) is 22.7. The SMILES string of the molecule is CCCC/C=C\CCCCCCCC(=O)OCC(COC(=O)CCCCCCCCCCCCCCCCCCCC/C=C\C/C=C\C/C=C\CCCCCCC)OC(=O)CCCCCCCCCCCCCCCC. The van der Waals surface area contributed by atoms with E-state index in [9.17, 15) is 14.4 Å². The minimum Gasteiger partial charge on any atom is -0.462 e. The van der Waals surface area contributed by atoms with Crippen LogP contribution in [0.4, 0.5) is 0 Å². The van der Waals surface area contributed by atoms with E-state index in [1.54, 1.807) is 0 Å². The van der Waals surface area contributed by atoms with Gasteiger partial charge in [0.2, 0.25) is 0 Å². The highest BCUT2D eigenvalue weighted by molar-refractivity contribution is 5.71. The van der Waals surface area contributed by atoms with Crippen LogP contribution < -0.4 is 0 Å². The van der Waals surface area contributed by atoms with Gasteiger partial charge in [-0.1, -0.05) is 313 Å². The zero-order valence-electron chi connectivity index (χ0n) is 51.0. The molecule has 0 rings (SSSR count). The number of rotatable bonds is 62. The molecule has 0 aliphatic heterocycles. The average molecular weight is 1070 g/mol. The van der Waals surface area contributed by atoms with Crippen molar-refractivity contribution in [2.75, 3.05) is 13.2 Å². The lowest BCUT2D eigenvalue weighted by molar-refractivity contribution is -0.167. The quantitative estimate of drug-likeness (QED) is 0.0261. The van der Waals surface area contributed by atoms with E-state index in [1.807, 2.05) is 0 Å². The third-order valence-electron chi connectivity index (χ3n) is 15.1. The average Bonchev–Trinajstić information content (AvgIpc) is 3.42. The van der Waals surface area contributed by atoms with Crippen molar-refractivity contribution in [2.45, 2.75) is 367 Å². The summed E-state index contributed by atoms with van der Waals surface area (Å²) >= 11 is 0. The van der Waals surface area contributed by atoms with Crippen molar-refractivity contribution in [3.63, 3.8) is 0 Å². The molecule has 0 aliphatic rings. The molecule has 0 aromatic carbocycles. The molecule has 0 spiro atoms. The molecule has 0 aromatic heterocycles. The minimum atomic E-state index is -0.772. The third kappa shape index (κ3) is 62.2. The molecule has 0 aliphatic carbocycles. The summed E-state index contributed by atoms with van der Waals surface area (Å²) in [5.41, 5.74) is 0. The Morgan fingerprint density at radius 2 is 0.487 bits per heavy atom. The van der Waals surface area contributed by atoms with Gasteiger partial charge in [0.25, 0.3) is 0 Å². The van der Waals surface area contributed by atoms with Crippen LogP contribution in [-0.4, -0.2) is 37.2 Å². The number of hydrogen-bond donors (Lipinski definition) is 0.